The average Bonchev–Trinajstić information content (AvgIpc) is 2.81. The summed E-state index contributed by atoms with van der Waals surface area (Å²) in [6.07, 6.45) is 4.54. The summed E-state index contributed by atoms with van der Waals surface area (Å²) in [4.78, 5) is 7.61. The summed E-state index contributed by atoms with van der Waals surface area (Å²) in [7, 11) is -3.01. The van der Waals surface area contributed by atoms with Gasteiger partial charge in [-0.3, -0.25) is 4.98 Å². The number of nitrogens with one attached hydrogen (secondary N) is 1. The average molecular weight is 279 g/mol. The largest absolute Gasteiger partial charge is 0.360 e. The minimum Gasteiger partial charge on any atom is -0.360 e. The van der Waals surface area contributed by atoms with Crippen molar-refractivity contribution in [3.8, 4) is 0 Å². The van der Waals surface area contributed by atoms with Gasteiger partial charge in [0.25, 0.3) is 0 Å². The zero-order chi connectivity index (χ0) is 13.5. The van der Waals surface area contributed by atoms with Crippen LogP contribution in [0.4, 0.5) is 0 Å². The van der Waals surface area contributed by atoms with Crippen molar-refractivity contribution < 1.29 is 8.42 Å². The maximum atomic E-state index is 11.7. The number of aromatic nitrogens is 2. The Morgan fingerprint density at radius 2 is 2.21 bits per heavy atom. The van der Waals surface area contributed by atoms with Crippen molar-refractivity contribution in [2.75, 3.05) is 18.8 Å². The summed E-state index contributed by atoms with van der Waals surface area (Å²) >= 11 is 0. The molecule has 102 valence electrons. The van der Waals surface area contributed by atoms with Gasteiger partial charge in [0.15, 0.2) is 0 Å². The quantitative estimate of drug-likeness (QED) is 0.919. The maximum Gasteiger partial charge on any atom is 0.213 e. The number of hydrogen-bond acceptors (Lipinski definition) is 3. The molecule has 0 amide bonds. The van der Waals surface area contributed by atoms with Gasteiger partial charge in [-0.05, 0) is 31.4 Å². The van der Waals surface area contributed by atoms with Crippen LogP contribution in [0.2, 0.25) is 0 Å². The van der Waals surface area contributed by atoms with E-state index in [0.717, 1.165) is 23.0 Å². The van der Waals surface area contributed by atoms with E-state index in [4.69, 9.17) is 0 Å². The second kappa shape index (κ2) is 4.61. The van der Waals surface area contributed by atoms with Crippen molar-refractivity contribution in [3.63, 3.8) is 0 Å². The van der Waals surface area contributed by atoms with E-state index in [9.17, 15) is 8.42 Å². The van der Waals surface area contributed by atoms with Gasteiger partial charge in [-0.15, -0.1) is 0 Å². The third-order valence-corrected chi connectivity index (χ3v) is 5.53. The topological polar surface area (TPSA) is 66.1 Å². The zero-order valence-electron chi connectivity index (χ0n) is 10.8. The first kappa shape index (κ1) is 12.6. The van der Waals surface area contributed by atoms with Crippen LogP contribution in [0.25, 0.3) is 10.9 Å². The molecule has 2 aromatic rings. The number of rotatable bonds is 4. The molecule has 0 aromatic carbocycles. The van der Waals surface area contributed by atoms with Crippen LogP contribution in [0.1, 0.15) is 12.6 Å². The lowest BCUT2D eigenvalue weighted by Gasteiger charge is -2.37. The predicted molar refractivity (Wildman–Crippen MR) is 74.3 cm³/mol. The molecule has 3 rings (SSSR count). The molecule has 1 N–H and O–H groups in total. The molecule has 0 spiro atoms. The number of pyridine rings is 1. The molecule has 3 heterocycles. The van der Waals surface area contributed by atoms with Crippen molar-refractivity contribution in [3.05, 3.63) is 30.2 Å². The van der Waals surface area contributed by atoms with Gasteiger partial charge < -0.3 is 4.98 Å². The smallest absolute Gasteiger partial charge is 0.213 e. The van der Waals surface area contributed by atoms with Crippen LogP contribution in [0.3, 0.4) is 0 Å². The Balaban J connectivity index is 1.70. The number of sulfonamides is 1. The fourth-order valence-corrected chi connectivity index (χ4v) is 3.77. The van der Waals surface area contributed by atoms with E-state index in [1.165, 1.54) is 0 Å². The maximum absolute atomic E-state index is 11.7. The van der Waals surface area contributed by atoms with Crippen LogP contribution in [0, 0.1) is 5.92 Å². The fraction of sp³-hybridized carbons (Fsp3) is 0.462. The molecule has 5 nitrogen and oxygen atoms in total. The van der Waals surface area contributed by atoms with Crippen molar-refractivity contribution >= 4 is 20.9 Å². The highest BCUT2D eigenvalue weighted by Crippen LogP contribution is 2.25. The van der Waals surface area contributed by atoms with Gasteiger partial charge in [0.2, 0.25) is 10.0 Å². The van der Waals surface area contributed by atoms with Gasteiger partial charge in [0.05, 0.1) is 17.0 Å². The van der Waals surface area contributed by atoms with E-state index in [-0.39, 0.29) is 5.75 Å². The van der Waals surface area contributed by atoms with Gasteiger partial charge in [0.1, 0.15) is 0 Å². The molecule has 0 radical (unpaired) electrons. The van der Waals surface area contributed by atoms with E-state index in [2.05, 4.69) is 9.97 Å². The highest BCUT2D eigenvalue weighted by Gasteiger charge is 2.34. The van der Waals surface area contributed by atoms with Gasteiger partial charge in [-0.2, -0.15) is 0 Å². The summed E-state index contributed by atoms with van der Waals surface area (Å²) < 4.78 is 24.9. The van der Waals surface area contributed by atoms with Gasteiger partial charge in [-0.25, -0.2) is 12.7 Å². The van der Waals surface area contributed by atoms with Crippen LogP contribution < -0.4 is 0 Å². The van der Waals surface area contributed by atoms with Crippen LogP contribution in [-0.4, -0.2) is 41.5 Å². The first-order chi connectivity index (χ1) is 9.10. The standard InChI is InChI=1S/C13H17N3O2S/c1-2-19(17,18)16-8-10(9-16)7-12-13-11(3-5-14-12)4-6-15-13/h3-6,10,15H,2,7-9H2,1H3. The Bertz CT molecular complexity index is 687. The number of nitrogens with zero attached hydrogens (tertiary/aromatic N) is 2. The number of hydrogen-bond donors (Lipinski definition) is 1. The third-order valence-electron chi connectivity index (χ3n) is 3.72. The molecule has 1 aliphatic rings. The third kappa shape index (κ3) is 2.26. The summed E-state index contributed by atoms with van der Waals surface area (Å²) in [5.74, 6) is 0.562. The minimum absolute atomic E-state index is 0.185. The molecule has 6 heteroatoms. The minimum atomic E-state index is -3.01. The first-order valence-corrected chi connectivity index (χ1v) is 8.10. The number of aromatic amines is 1. The van der Waals surface area contributed by atoms with Crippen molar-refractivity contribution in [2.24, 2.45) is 5.92 Å². The summed E-state index contributed by atoms with van der Waals surface area (Å²) in [6.45, 7) is 2.92. The van der Waals surface area contributed by atoms with Gasteiger partial charge >= 0.3 is 0 Å². The first-order valence-electron chi connectivity index (χ1n) is 6.49. The van der Waals surface area contributed by atoms with Crippen LogP contribution in [-0.2, 0) is 16.4 Å². The Morgan fingerprint density at radius 1 is 1.42 bits per heavy atom. The van der Waals surface area contributed by atoms with E-state index in [1.54, 1.807) is 11.2 Å². The second-order valence-electron chi connectivity index (χ2n) is 4.99. The summed E-state index contributed by atoms with van der Waals surface area (Å²) in [5.41, 5.74) is 2.10. The zero-order valence-corrected chi connectivity index (χ0v) is 11.7. The fourth-order valence-electron chi connectivity index (χ4n) is 2.53. The van der Waals surface area contributed by atoms with Crippen LogP contribution in [0.5, 0.6) is 0 Å². The monoisotopic (exact) mass is 279 g/mol. The molecule has 1 aliphatic heterocycles. The normalized spacial score (nSPS) is 17.7. The van der Waals surface area contributed by atoms with Gasteiger partial charge in [0, 0.05) is 30.9 Å². The molecule has 19 heavy (non-hydrogen) atoms. The number of fused-ring (bicyclic) bond motifs is 1. The lowest BCUT2D eigenvalue weighted by Crippen LogP contribution is -2.51. The molecule has 2 aromatic heterocycles. The predicted octanol–water partition coefficient (Wildman–Crippen LogP) is 1.39. The molecule has 0 aliphatic carbocycles. The molecule has 1 saturated heterocycles. The van der Waals surface area contributed by atoms with Crippen molar-refractivity contribution in [1.82, 2.24) is 14.3 Å². The van der Waals surface area contributed by atoms with E-state index < -0.39 is 10.0 Å². The van der Waals surface area contributed by atoms with Gasteiger partial charge in [-0.1, -0.05) is 0 Å². The van der Waals surface area contributed by atoms with Crippen molar-refractivity contribution in [2.45, 2.75) is 13.3 Å². The Hall–Kier alpha value is -1.40. The van der Waals surface area contributed by atoms with E-state index in [0.29, 0.717) is 19.0 Å². The Morgan fingerprint density at radius 3 is 2.95 bits per heavy atom. The second-order valence-corrected chi connectivity index (χ2v) is 7.24. The highest BCUT2D eigenvalue weighted by atomic mass is 32.2. The van der Waals surface area contributed by atoms with Crippen LogP contribution >= 0.6 is 0 Å². The molecule has 0 unspecified atom stereocenters. The summed E-state index contributed by atoms with van der Waals surface area (Å²) in [6, 6.07) is 4.00. The summed E-state index contributed by atoms with van der Waals surface area (Å²) in [5, 5.41) is 1.15. The lowest BCUT2D eigenvalue weighted by atomic mass is 9.96. The molecule has 1 fully saturated rings. The SMILES string of the molecule is CCS(=O)(=O)N1CC(Cc2nccc3cc[nH]c23)C1. The molecule has 0 bridgehead atoms. The Labute approximate surface area is 112 Å². The van der Waals surface area contributed by atoms with E-state index in [1.807, 2.05) is 24.5 Å². The van der Waals surface area contributed by atoms with E-state index >= 15 is 0 Å². The molecular formula is C13H17N3O2S. The molecular weight excluding hydrogens is 262 g/mol. The van der Waals surface area contributed by atoms with Crippen LogP contribution in [0.15, 0.2) is 24.5 Å². The number of H-pyrrole nitrogens is 1. The highest BCUT2D eigenvalue weighted by molar-refractivity contribution is 7.89. The molecule has 0 atom stereocenters. The van der Waals surface area contributed by atoms with Crippen molar-refractivity contribution in [1.29, 1.82) is 0 Å². The lowest BCUT2D eigenvalue weighted by molar-refractivity contribution is 0.199. The molecule has 0 saturated carbocycles. The Kier molecular flexibility index (Phi) is 3.06.